The number of carbonyl (C=O) groups is 1. The minimum Gasteiger partial charge on any atom is -0.501 e. The van der Waals surface area contributed by atoms with Crippen LogP contribution >= 0.6 is 22.7 Å². The Balaban J connectivity index is 2.09. The zero-order valence-electron chi connectivity index (χ0n) is 20.0. The molecule has 2 aromatic rings. The molecule has 2 heterocycles. The first kappa shape index (κ1) is 26.7. The van der Waals surface area contributed by atoms with Crippen LogP contribution in [-0.2, 0) is 14.3 Å². The molecule has 0 fully saturated rings. The molecule has 2 rings (SSSR count). The minimum absolute atomic E-state index is 0.187. The second-order valence-electron chi connectivity index (χ2n) is 7.95. The van der Waals surface area contributed by atoms with E-state index >= 15 is 0 Å². The number of primary amides is 1. The molecule has 0 aromatic carbocycles. The van der Waals surface area contributed by atoms with Crippen LogP contribution in [0.3, 0.4) is 0 Å². The van der Waals surface area contributed by atoms with E-state index in [1.54, 1.807) is 29.8 Å². The molecule has 0 aliphatic rings. The molecule has 0 radical (unpaired) electrons. The van der Waals surface area contributed by atoms with Crippen LogP contribution in [0, 0.1) is 11.8 Å². The summed E-state index contributed by atoms with van der Waals surface area (Å²) in [5.74, 6) is 0.512. The van der Waals surface area contributed by atoms with Crippen molar-refractivity contribution >= 4 is 34.7 Å². The molecule has 0 aliphatic carbocycles. The van der Waals surface area contributed by atoms with E-state index in [1.165, 1.54) is 13.2 Å². The number of hydrogen-bond donors (Lipinski definition) is 1. The van der Waals surface area contributed by atoms with E-state index in [0.717, 1.165) is 21.4 Å². The fourth-order valence-corrected chi connectivity index (χ4v) is 4.66. The van der Waals surface area contributed by atoms with E-state index in [9.17, 15) is 4.79 Å². The number of carbonyl (C=O) groups excluding carboxylic acids is 1. The van der Waals surface area contributed by atoms with Crippen molar-refractivity contribution in [2.75, 3.05) is 14.2 Å². The van der Waals surface area contributed by atoms with Crippen molar-refractivity contribution in [1.82, 2.24) is 9.97 Å². The summed E-state index contributed by atoms with van der Waals surface area (Å²) in [6.45, 7) is 8.37. The Morgan fingerprint density at radius 3 is 2.39 bits per heavy atom. The van der Waals surface area contributed by atoms with E-state index in [0.29, 0.717) is 11.7 Å². The van der Waals surface area contributed by atoms with Gasteiger partial charge in [0.1, 0.15) is 16.5 Å². The number of aromatic nitrogens is 2. The van der Waals surface area contributed by atoms with Gasteiger partial charge in [-0.3, -0.25) is 4.79 Å². The molecule has 0 bridgehead atoms. The Morgan fingerprint density at radius 1 is 1.03 bits per heavy atom. The number of amides is 1. The maximum absolute atomic E-state index is 11.2. The van der Waals surface area contributed by atoms with Crippen LogP contribution in [0.1, 0.15) is 44.3 Å². The molecule has 33 heavy (non-hydrogen) atoms. The molecular formula is C25H33N3O3S2. The third-order valence-corrected chi connectivity index (χ3v) is 6.78. The summed E-state index contributed by atoms with van der Waals surface area (Å²) in [4.78, 5) is 20.7. The lowest BCUT2D eigenvalue weighted by molar-refractivity contribution is -0.113. The summed E-state index contributed by atoms with van der Waals surface area (Å²) < 4.78 is 10.9. The molecule has 2 aromatic heterocycles. The summed E-state index contributed by atoms with van der Waals surface area (Å²) in [5.41, 5.74) is 6.97. The summed E-state index contributed by atoms with van der Waals surface area (Å²) in [5, 5.41) is 5.98. The molecule has 2 N–H and O–H groups in total. The van der Waals surface area contributed by atoms with Crippen molar-refractivity contribution in [3.63, 3.8) is 0 Å². The van der Waals surface area contributed by atoms with Crippen molar-refractivity contribution in [3.05, 3.63) is 63.7 Å². The van der Waals surface area contributed by atoms with Gasteiger partial charge in [-0.15, -0.1) is 22.7 Å². The van der Waals surface area contributed by atoms with Gasteiger partial charge in [-0.1, -0.05) is 58.1 Å². The van der Waals surface area contributed by atoms with Crippen LogP contribution in [0.5, 0.6) is 0 Å². The van der Waals surface area contributed by atoms with E-state index in [2.05, 4.69) is 50.5 Å². The molecule has 6 nitrogen and oxygen atoms in total. The van der Waals surface area contributed by atoms with Crippen LogP contribution in [0.15, 0.2) is 53.0 Å². The van der Waals surface area contributed by atoms with Gasteiger partial charge in [0.25, 0.3) is 0 Å². The number of methoxy groups -OCH3 is 2. The molecule has 0 aliphatic heterocycles. The number of nitrogens with two attached hydrogens (primary N) is 1. The highest BCUT2D eigenvalue weighted by Gasteiger charge is 2.20. The van der Waals surface area contributed by atoms with Gasteiger partial charge in [0.15, 0.2) is 0 Å². The number of hydrogen-bond acceptors (Lipinski definition) is 7. The fraction of sp³-hybridized carbons (Fsp3) is 0.400. The second-order valence-corrected chi connectivity index (χ2v) is 9.70. The van der Waals surface area contributed by atoms with E-state index in [4.69, 9.17) is 25.2 Å². The Labute approximate surface area is 204 Å². The normalized spacial score (nSPS) is 15.7. The van der Waals surface area contributed by atoms with Gasteiger partial charge in [0.05, 0.1) is 23.9 Å². The van der Waals surface area contributed by atoms with Crippen molar-refractivity contribution in [1.29, 1.82) is 0 Å². The molecule has 0 spiro atoms. The lowest BCUT2D eigenvalue weighted by Gasteiger charge is -2.21. The smallest absolute Gasteiger partial charge is 0.244 e. The molecule has 3 atom stereocenters. The molecule has 178 valence electrons. The van der Waals surface area contributed by atoms with Crippen molar-refractivity contribution in [2.45, 2.75) is 39.7 Å². The first-order valence-corrected chi connectivity index (χ1v) is 12.5. The third kappa shape index (κ3) is 8.38. The quantitative estimate of drug-likeness (QED) is 0.232. The first-order valence-electron chi connectivity index (χ1n) is 10.8. The number of rotatable bonds is 12. The largest absolute Gasteiger partial charge is 0.501 e. The highest BCUT2D eigenvalue weighted by atomic mass is 32.1. The van der Waals surface area contributed by atoms with Gasteiger partial charge >= 0.3 is 0 Å². The Bertz CT molecular complexity index is 1020. The lowest BCUT2D eigenvalue weighted by Crippen LogP contribution is -2.22. The number of allylic oxidation sites excluding steroid dienone is 4. The highest BCUT2D eigenvalue weighted by molar-refractivity contribution is 7.14. The predicted molar refractivity (Wildman–Crippen MR) is 138 cm³/mol. The second kappa shape index (κ2) is 13.2. The Hall–Kier alpha value is -2.55. The molecule has 0 unspecified atom stereocenters. The number of nitrogens with zero attached hydrogens (tertiary/aromatic N) is 2. The van der Waals surface area contributed by atoms with Crippen molar-refractivity contribution in [3.8, 4) is 10.7 Å². The SMILES string of the molecule is CO/C(=C/C(N)=O)[C@@H](C)[C@@H](/C=C/c1csc(-c2csc([C@@H](C)/C=C/C=C/C(C)C)n2)n1)OC. The van der Waals surface area contributed by atoms with Crippen molar-refractivity contribution < 1.29 is 14.3 Å². The molecule has 1 amide bonds. The van der Waals surface area contributed by atoms with Gasteiger partial charge in [-0.2, -0.15) is 0 Å². The van der Waals surface area contributed by atoms with Gasteiger partial charge < -0.3 is 15.2 Å². The summed E-state index contributed by atoms with van der Waals surface area (Å²) in [6, 6.07) is 0. The van der Waals surface area contributed by atoms with E-state index in [1.807, 2.05) is 24.5 Å². The number of ether oxygens (including phenoxy) is 2. The molecular weight excluding hydrogens is 454 g/mol. The molecule has 0 saturated carbocycles. The monoisotopic (exact) mass is 487 g/mol. The van der Waals surface area contributed by atoms with E-state index < -0.39 is 5.91 Å². The first-order chi connectivity index (χ1) is 15.7. The fourth-order valence-electron chi connectivity index (χ4n) is 3.00. The van der Waals surface area contributed by atoms with Gasteiger partial charge in [0, 0.05) is 35.8 Å². The van der Waals surface area contributed by atoms with Crippen LogP contribution in [-0.4, -0.2) is 36.2 Å². The average molecular weight is 488 g/mol. The topological polar surface area (TPSA) is 87.3 Å². The standard InChI is InChI=1S/C25H33N3O3S2/c1-16(2)9-7-8-10-17(3)24-28-20(15-33-24)25-27-19(14-32-25)11-12-21(30-5)18(4)22(31-6)13-23(26)29/h7-18,21H,1-6H3,(H2,26,29)/b9-7+,10-8+,12-11+,22-13+/t17-,18-,21+/m0/s1. The summed E-state index contributed by atoms with van der Waals surface area (Å²) in [7, 11) is 3.12. The van der Waals surface area contributed by atoms with Crippen molar-refractivity contribution in [2.24, 2.45) is 17.6 Å². The average Bonchev–Trinajstić information content (AvgIpc) is 3.44. The van der Waals surface area contributed by atoms with Crippen LogP contribution in [0.25, 0.3) is 16.8 Å². The minimum atomic E-state index is -0.555. The van der Waals surface area contributed by atoms with Crippen LogP contribution in [0.2, 0.25) is 0 Å². The molecule has 8 heteroatoms. The third-order valence-electron chi connectivity index (χ3n) is 4.85. The zero-order valence-corrected chi connectivity index (χ0v) is 21.7. The van der Waals surface area contributed by atoms with E-state index in [-0.39, 0.29) is 17.9 Å². The lowest BCUT2D eigenvalue weighted by atomic mass is 10.0. The predicted octanol–water partition coefficient (Wildman–Crippen LogP) is 5.82. The maximum atomic E-state index is 11.2. The van der Waals surface area contributed by atoms with Gasteiger partial charge in [-0.25, -0.2) is 9.97 Å². The highest BCUT2D eigenvalue weighted by Crippen LogP contribution is 2.29. The Morgan fingerprint density at radius 2 is 1.76 bits per heavy atom. The van der Waals surface area contributed by atoms with Gasteiger partial charge in [0.2, 0.25) is 5.91 Å². The van der Waals surface area contributed by atoms with Crippen LogP contribution in [0.4, 0.5) is 0 Å². The summed E-state index contributed by atoms with van der Waals surface area (Å²) in [6.07, 6.45) is 13.3. The Kier molecular flexibility index (Phi) is 10.7. The summed E-state index contributed by atoms with van der Waals surface area (Å²) >= 11 is 3.20. The maximum Gasteiger partial charge on any atom is 0.244 e. The molecule has 0 saturated heterocycles. The van der Waals surface area contributed by atoms with Gasteiger partial charge in [-0.05, 0) is 12.0 Å². The van der Waals surface area contributed by atoms with Crippen LogP contribution < -0.4 is 5.73 Å². The number of thiazole rings is 2. The zero-order chi connectivity index (χ0) is 24.4.